The Morgan fingerprint density at radius 1 is 1.36 bits per heavy atom. The van der Waals surface area contributed by atoms with E-state index in [1.807, 2.05) is 4.97 Å². The van der Waals surface area contributed by atoms with Gasteiger partial charge in [0, 0.05) is 0 Å². The number of halogens is 1. The quantitative estimate of drug-likeness (QED) is 0.760. The molecule has 0 saturated carbocycles. The molecule has 1 aromatic rings. The maximum absolute atomic E-state index is 11.1. The van der Waals surface area contributed by atoms with Gasteiger partial charge in [0.2, 0.25) is 0 Å². The van der Waals surface area contributed by atoms with Crippen molar-refractivity contribution in [2.45, 2.75) is 4.97 Å². The first-order valence-electron chi connectivity index (χ1n) is 3.08. The van der Waals surface area contributed by atoms with Gasteiger partial charge in [-0.2, -0.15) is 0 Å². The molecule has 0 amide bonds. The van der Waals surface area contributed by atoms with E-state index in [1.54, 1.807) is 24.3 Å². The Morgan fingerprint density at radius 3 is 2.36 bits per heavy atom. The van der Waals surface area contributed by atoms with Crippen molar-refractivity contribution >= 4 is 36.4 Å². The van der Waals surface area contributed by atoms with Gasteiger partial charge in [-0.1, -0.05) is 0 Å². The molecule has 1 nitrogen and oxygen atoms in total. The zero-order valence-corrected chi connectivity index (χ0v) is 9.09. The summed E-state index contributed by atoms with van der Waals surface area (Å²) in [6.07, 6.45) is 0. The van der Waals surface area contributed by atoms with E-state index in [1.165, 1.54) is 0 Å². The van der Waals surface area contributed by atoms with Gasteiger partial charge in [0.25, 0.3) is 0 Å². The van der Waals surface area contributed by atoms with Gasteiger partial charge in [-0.05, 0) is 0 Å². The van der Waals surface area contributed by atoms with Gasteiger partial charge >= 0.3 is 81.0 Å². The molecule has 0 fully saturated rings. The minimum atomic E-state index is -0.484. The molecule has 11 heavy (non-hydrogen) atoms. The van der Waals surface area contributed by atoms with E-state index in [-0.39, 0.29) is 3.83 Å². The molecule has 0 unspecified atom stereocenters. The zero-order chi connectivity index (χ0) is 8.27. The number of rotatable bonds is 2. The van der Waals surface area contributed by atoms with Crippen molar-refractivity contribution in [3.8, 4) is 0 Å². The van der Waals surface area contributed by atoms with E-state index in [2.05, 4.69) is 0 Å². The predicted molar refractivity (Wildman–Crippen MR) is 47.4 cm³/mol. The van der Waals surface area contributed by atoms with Crippen LogP contribution < -0.4 is 0 Å². The van der Waals surface area contributed by atoms with E-state index in [0.717, 1.165) is 5.56 Å². The van der Waals surface area contributed by atoms with Gasteiger partial charge in [-0.3, -0.25) is 0 Å². The molecule has 58 valence electrons. The van der Waals surface area contributed by atoms with Crippen molar-refractivity contribution < 1.29 is 4.79 Å². The molecule has 0 heterocycles. The van der Waals surface area contributed by atoms with Crippen molar-refractivity contribution in [2.75, 3.05) is 0 Å². The fraction of sp³-hybridized carbons (Fsp3) is 0.125. The Balaban J connectivity index is 2.90. The van der Waals surface area contributed by atoms with Gasteiger partial charge in [-0.25, -0.2) is 0 Å². The number of carbonyl (C=O) groups is 1. The summed E-state index contributed by atoms with van der Waals surface area (Å²) >= 11 is 5.17. The monoisotopic (exact) mass is 284 g/mol. The van der Waals surface area contributed by atoms with E-state index in [9.17, 15) is 4.79 Å². The minimum absolute atomic E-state index is 0.284. The van der Waals surface area contributed by atoms with E-state index in [0.29, 0.717) is 5.02 Å². The molecule has 1 rings (SSSR count). The molecular weight excluding hydrogens is 275 g/mol. The molecule has 0 aromatic heterocycles. The van der Waals surface area contributed by atoms with Crippen LogP contribution in [0.2, 0.25) is 9.99 Å². The summed E-state index contributed by atoms with van der Waals surface area (Å²) in [5.74, 6) is 0. The third-order valence-corrected chi connectivity index (χ3v) is 3.25. The third-order valence-electron chi connectivity index (χ3n) is 1.27. The molecule has 0 radical (unpaired) electrons. The van der Waals surface area contributed by atoms with E-state index < -0.39 is 20.9 Å². The van der Waals surface area contributed by atoms with Crippen LogP contribution in [0.5, 0.6) is 0 Å². The Labute approximate surface area is 80.8 Å². The zero-order valence-electron chi connectivity index (χ0n) is 6.00. The number of benzene rings is 1. The maximum atomic E-state index is 11.1. The molecule has 0 spiro atoms. The van der Waals surface area contributed by atoms with Gasteiger partial charge in [0.1, 0.15) is 0 Å². The second-order valence-corrected chi connectivity index (χ2v) is 4.66. The van der Waals surface area contributed by atoms with Gasteiger partial charge in [-0.15, -0.1) is 0 Å². The summed E-state index contributed by atoms with van der Waals surface area (Å²) in [4.78, 5) is 13.1. The Hall–Kier alpha value is -0.0304. The first-order chi connectivity index (χ1) is 5.24. The van der Waals surface area contributed by atoms with E-state index >= 15 is 0 Å². The molecule has 1 aromatic carbocycles. The summed E-state index contributed by atoms with van der Waals surface area (Å²) in [5.41, 5.74) is 0.791. The average molecular weight is 282 g/mol. The summed E-state index contributed by atoms with van der Waals surface area (Å²) in [6.45, 7) is 0. The van der Waals surface area contributed by atoms with Crippen LogP contribution in [0.4, 0.5) is 0 Å². The first-order valence-corrected chi connectivity index (χ1v) is 6.95. The van der Waals surface area contributed by atoms with Crippen molar-refractivity contribution in [3.63, 3.8) is 0 Å². The summed E-state index contributed by atoms with van der Waals surface area (Å²) in [6, 6.07) is 7.05. The van der Waals surface area contributed by atoms with Gasteiger partial charge in [0.15, 0.2) is 0 Å². The van der Waals surface area contributed by atoms with Gasteiger partial charge < -0.3 is 0 Å². The SMILES string of the molecule is C[Te]C(=O)c1ccc(Cl)cc1. The molecule has 0 N–H and O–H groups in total. The van der Waals surface area contributed by atoms with Crippen LogP contribution in [0.3, 0.4) is 0 Å². The van der Waals surface area contributed by atoms with Crippen LogP contribution in [-0.4, -0.2) is 24.8 Å². The fourth-order valence-electron chi connectivity index (χ4n) is 0.704. The van der Waals surface area contributed by atoms with Crippen LogP contribution in [0.15, 0.2) is 24.3 Å². The molecule has 0 saturated heterocycles. The van der Waals surface area contributed by atoms with Crippen LogP contribution in [0.25, 0.3) is 0 Å². The molecule has 0 aliphatic rings. The van der Waals surface area contributed by atoms with Crippen molar-refractivity contribution in [3.05, 3.63) is 34.9 Å². The van der Waals surface area contributed by atoms with Crippen molar-refractivity contribution in [2.24, 2.45) is 0 Å². The number of carbonyl (C=O) groups excluding carboxylic acids is 1. The molecule has 0 aliphatic heterocycles. The molecular formula is C8H7ClOTe. The summed E-state index contributed by atoms with van der Waals surface area (Å²) in [5, 5.41) is 0.679. The van der Waals surface area contributed by atoms with Crippen LogP contribution >= 0.6 is 11.6 Å². The van der Waals surface area contributed by atoms with Crippen LogP contribution in [0.1, 0.15) is 10.4 Å². The fourth-order valence-corrected chi connectivity index (χ4v) is 1.89. The van der Waals surface area contributed by atoms with Crippen molar-refractivity contribution in [1.29, 1.82) is 0 Å². The topological polar surface area (TPSA) is 17.1 Å². The first kappa shape index (κ1) is 9.06. The number of hydrogen-bond acceptors (Lipinski definition) is 1. The Kier molecular flexibility index (Phi) is 3.39. The third kappa shape index (κ3) is 2.48. The summed E-state index contributed by atoms with van der Waals surface area (Å²) in [7, 11) is 0. The average Bonchev–Trinajstić information content (AvgIpc) is 2.05. The standard InChI is InChI=1S/C8H7ClOTe/c1-11-8(10)6-2-4-7(9)5-3-6/h2-5H,1H3. The Morgan fingerprint density at radius 2 is 1.91 bits per heavy atom. The number of hydrogen-bond donors (Lipinski definition) is 0. The second-order valence-electron chi connectivity index (χ2n) is 2.00. The molecule has 0 bridgehead atoms. The Bertz CT molecular complexity index is 255. The normalized spacial score (nSPS) is 9.64. The van der Waals surface area contributed by atoms with Gasteiger partial charge in [0.05, 0.1) is 0 Å². The molecule has 3 heteroatoms. The molecule has 0 atom stereocenters. The van der Waals surface area contributed by atoms with E-state index in [4.69, 9.17) is 11.6 Å². The second kappa shape index (κ2) is 4.11. The summed E-state index contributed by atoms with van der Waals surface area (Å²) < 4.78 is 0.284. The predicted octanol–water partition coefficient (Wildman–Crippen LogP) is 2.23. The van der Waals surface area contributed by atoms with Crippen molar-refractivity contribution in [1.82, 2.24) is 0 Å². The van der Waals surface area contributed by atoms with Crippen LogP contribution in [0, 0.1) is 0 Å². The molecule has 0 aliphatic carbocycles. The van der Waals surface area contributed by atoms with Crippen LogP contribution in [-0.2, 0) is 0 Å².